The highest BCUT2D eigenvalue weighted by molar-refractivity contribution is 5.74. The Labute approximate surface area is 91.1 Å². The predicted octanol–water partition coefficient (Wildman–Crippen LogP) is 2.18. The number of hydrogen-bond donors (Lipinski definition) is 1. The van der Waals surface area contributed by atoms with Gasteiger partial charge < -0.3 is 10.6 Å². The molecule has 16 heavy (non-hydrogen) atoms. The minimum absolute atomic E-state index is 0.162. The number of primary amides is 1. The molecular weight excluding hydrogens is 221 g/mol. The summed E-state index contributed by atoms with van der Waals surface area (Å²) >= 11 is 0. The summed E-state index contributed by atoms with van der Waals surface area (Å²) in [6.07, 6.45) is -0.539. The van der Waals surface area contributed by atoms with E-state index in [2.05, 4.69) is 0 Å². The molecule has 2 N–H and O–H groups in total. The van der Waals surface area contributed by atoms with Crippen molar-refractivity contribution in [1.82, 2.24) is 4.90 Å². The average molecular weight is 234 g/mol. The first-order valence-electron chi connectivity index (χ1n) is 5.17. The van der Waals surface area contributed by atoms with E-state index in [9.17, 15) is 18.0 Å². The van der Waals surface area contributed by atoms with Crippen LogP contribution in [-0.2, 0) is 0 Å². The van der Waals surface area contributed by atoms with Gasteiger partial charge in [-0.1, -0.05) is 12.2 Å². The lowest BCUT2D eigenvalue weighted by atomic mass is 9.90. The molecule has 2 heterocycles. The third-order valence-electron chi connectivity index (χ3n) is 3.34. The van der Waals surface area contributed by atoms with Crippen LogP contribution in [0.5, 0.6) is 0 Å². The van der Waals surface area contributed by atoms with Gasteiger partial charge in [-0.2, -0.15) is 13.2 Å². The summed E-state index contributed by atoms with van der Waals surface area (Å²) in [4.78, 5) is 12.5. The number of rotatable bonds is 1. The number of carbonyl (C=O) groups is 1. The minimum Gasteiger partial charge on any atom is -0.351 e. The molecule has 90 valence electrons. The Morgan fingerprint density at radius 2 is 2.25 bits per heavy atom. The van der Waals surface area contributed by atoms with Crippen molar-refractivity contribution in [1.29, 1.82) is 0 Å². The number of alkyl halides is 3. The van der Waals surface area contributed by atoms with Crippen LogP contribution in [0.25, 0.3) is 0 Å². The van der Waals surface area contributed by atoms with Crippen LogP contribution < -0.4 is 5.73 Å². The average Bonchev–Trinajstić information content (AvgIpc) is 2.31. The van der Waals surface area contributed by atoms with Crippen molar-refractivity contribution in [3.8, 4) is 0 Å². The van der Waals surface area contributed by atoms with Crippen LogP contribution in [0.1, 0.15) is 25.7 Å². The second kappa shape index (κ2) is 3.40. The second-order valence-corrected chi connectivity index (χ2v) is 4.43. The zero-order valence-electron chi connectivity index (χ0n) is 8.63. The fourth-order valence-corrected chi connectivity index (χ4v) is 2.84. The number of carbonyl (C=O) groups excluding carboxylic acids is 1. The van der Waals surface area contributed by atoms with E-state index < -0.39 is 24.2 Å². The van der Waals surface area contributed by atoms with E-state index in [0.717, 1.165) is 0 Å². The van der Waals surface area contributed by atoms with E-state index in [4.69, 9.17) is 5.73 Å². The molecule has 0 aromatic rings. The molecule has 2 atom stereocenters. The Hall–Kier alpha value is -1.20. The van der Waals surface area contributed by atoms with Gasteiger partial charge in [0.15, 0.2) is 0 Å². The van der Waals surface area contributed by atoms with E-state index in [1.54, 1.807) is 6.08 Å². The number of urea groups is 1. The van der Waals surface area contributed by atoms with Gasteiger partial charge in [0, 0.05) is 6.04 Å². The normalized spacial score (nSPS) is 33.2. The Morgan fingerprint density at radius 3 is 2.81 bits per heavy atom. The largest absolute Gasteiger partial charge is 0.391 e. The molecule has 2 amide bonds. The van der Waals surface area contributed by atoms with Gasteiger partial charge in [-0.05, 0) is 19.3 Å². The van der Waals surface area contributed by atoms with Crippen molar-refractivity contribution >= 4 is 6.03 Å². The lowest BCUT2D eigenvalue weighted by Gasteiger charge is -2.40. The second-order valence-electron chi connectivity index (χ2n) is 4.43. The maximum atomic E-state index is 12.5. The van der Waals surface area contributed by atoms with E-state index in [1.807, 2.05) is 0 Å². The lowest BCUT2D eigenvalue weighted by Crippen LogP contribution is -2.55. The minimum atomic E-state index is -4.29. The molecule has 0 aromatic carbocycles. The van der Waals surface area contributed by atoms with Crippen molar-refractivity contribution in [2.75, 3.05) is 0 Å². The number of hydrogen-bond acceptors (Lipinski definition) is 1. The molecule has 1 saturated heterocycles. The number of fused-ring (bicyclic) bond motifs is 2. The highest BCUT2D eigenvalue weighted by Gasteiger charge is 2.53. The Morgan fingerprint density at radius 1 is 1.56 bits per heavy atom. The fourth-order valence-electron chi connectivity index (χ4n) is 2.84. The van der Waals surface area contributed by atoms with Gasteiger partial charge >= 0.3 is 12.2 Å². The molecule has 0 aromatic heterocycles. The summed E-state index contributed by atoms with van der Waals surface area (Å²) in [5, 5.41) is 0. The zero-order chi connectivity index (χ0) is 12.0. The quantitative estimate of drug-likeness (QED) is 0.694. The van der Waals surface area contributed by atoms with Gasteiger partial charge in [0.05, 0.1) is 12.0 Å². The first-order chi connectivity index (χ1) is 7.34. The Balaban J connectivity index is 2.32. The van der Waals surface area contributed by atoms with Crippen LogP contribution in [0.15, 0.2) is 12.2 Å². The standard InChI is InChI=1S/C10H13F3N2O/c11-10(12,13)6-9-4-1-2-7(3-5-9)15(9)8(14)16/h1,4,7H,2-3,5-6H2,(H2,14,16). The van der Waals surface area contributed by atoms with Gasteiger partial charge in [0.2, 0.25) is 0 Å². The third-order valence-corrected chi connectivity index (χ3v) is 3.34. The van der Waals surface area contributed by atoms with Crippen molar-refractivity contribution in [2.45, 2.75) is 43.4 Å². The zero-order valence-corrected chi connectivity index (χ0v) is 8.63. The molecule has 2 rings (SSSR count). The van der Waals surface area contributed by atoms with Crippen molar-refractivity contribution in [3.05, 3.63) is 12.2 Å². The molecular formula is C10H13F3N2O. The molecule has 3 nitrogen and oxygen atoms in total. The smallest absolute Gasteiger partial charge is 0.351 e. The van der Waals surface area contributed by atoms with Crippen LogP contribution in [0, 0.1) is 0 Å². The van der Waals surface area contributed by atoms with Gasteiger partial charge in [-0.15, -0.1) is 0 Å². The number of nitrogens with zero attached hydrogens (tertiary/aromatic N) is 1. The summed E-state index contributed by atoms with van der Waals surface area (Å²) < 4.78 is 37.5. The summed E-state index contributed by atoms with van der Waals surface area (Å²) in [5.41, 5.74) is 3.95. The van der Waals surface area contributed by atoms with Crippen molar-refractivity contribution < 1.29 is 18.0 Å². The summed E-state index contributed by atoms with van der Waals surface area (Å²) in [5.74, 6) is 0. The topological polar surface area (TPSA) is 46.3 Å². The summed E-state index contributed by atoms with van der Waals surface area (Å²) in [7, 11) is 0. The van der Waals surface area contributed by atoms with E-state index in [-0.39, 0.29) is 6.04 Å². The molecule has 0 saturated carbocycles. The third kappa shape index (κ3) is 1.76. The first kappa shape index (κ1) is 11.3. The fraction of sp³-hybridized carbons (Fsp3) is 0.700. The van der Waals surface area contributed by atoms with Crippen LogP contribution in [-0.4, -0.2) is 28.7 Å². The van der Waals surface area contributed by atoms with Crippen molar-refractivity contribution in [2.24, 2.45) is 5.73 Å². The Bertz CT molecular complexity index is 339. The highest BCUT2D eigenvalue weighted by Crippen LogP contribution is 2.45. The molecule has 0 radical (unpaired) electrons. The molecule has 1 fully saturated rings. The van der Waals surface area contributed by atoms with Crippen LogP contribution >= 0.6 is 0 Å². The van der Waals surface area contributed by atoms with E-state index in [1.165, 1.54) is 11.0 Å². The van der Waals surface area contributed by atoms with Gasteiger partial charge in [0.1, 0.15) is 0 Å². The molecule has 2 unspecified atom stereocenters. The van der Waals surface area contributed by atoms with Crippen molar-refractivity contribution in [3.63, 3.8) is 0 Å². The SMILES string of the molecule is NC(=O)N1C2CC=CC1(CC(F)(F)F)CC2. The molecule has 0 aliphatic carbocycles. The maximum Gasteiger partial charge on any atom is 0.391 e. The highest BCUT2D eigenvalue weighted by atomic mass is 19.4. The monoisotopic (exact) mass is 234 g/mol. The van der Waals surface area contributed by atoms with Crippen LogP contribution in [0.2, 0.25) is 0 Å². The number of halogens is 3. The van der Waals surface area contributed by atoms with Gasteiger partial charge in [-0.25, -0.2) is 4.79 Å². The van der Waals surface area contributed by atoms with Gasteiger partial charge in [-0.3, -0.25) is 0 Å². The molecule has 6 heteroatoms. The van der Waals surface area contributed by atoms with E-state index in [0.29, 0.717) is 19.3 Å². The Kier molecular flexibility index (Phi) is 2.40. The van der Waals surface area contributed by atoms with E-state index >= 15 is 0 Å². The van der Waals surface area contributed by atoms with Gasteiger partial charge in [0.25, 0.3) is 0 Å². The lowest BCUT2D eigenvalue weighted by molar-refractivity contribution is -0.152. The summed E-state index contributed by atoms with van der Waals surface area (Å²) in [6.45, 7) is 0. The number of nitrogens with two attached hydrogens (primary N) is 1. The van der Waals surface area contributed by atoms with Crippen LogP contribution in [0.3, 0.4) is 0 Å². The first-order valence-corrected chi connectivity index (χ1v) is 5.17. The molecule has 2 bridgehead atoms. The molecule has 0 spiro atoms. The van der Waals surface area contributed by atoms with Crippen LogP contribution in [0.4, 0.5) is 18.0 Å². The molecule has 2 aliphatic rings. The number of amides is 2. The predicted molar refractivity (Wildman–Crippen MR) is 51.6 cm³/mol. The molecule has 2 aliphatic heterocycles. The summed E-state index contributed by atoms with van der Waals surface area (Å²) in [6, 6.07) is -0.916. The maximum absolute atomic E-state index is 12.5.